The van der Waals surface area contributed by atoms with Gasteiger partial charge in [-0.15, -0.1) is 0 Å². The highest BCUT2D eigenvalue weighted by atomic mass is 16.5. The molecule has 2 aliphatic heterocycles. The number of ether oxygens (including phenoxy) is 2. The average molecular weight is 346 g/mol. The van der Waals surface area contributed by atoms with E-state index in [0.29, 0.717) is 24.3 Å². The minimum atomic E-state index is -0.427. The molecule has 2 fully saturated rings. The first-order valence-electron chi connectivity index (χ1n) is 8.45. The van der Waals surface area contributed by atoms with Gasteiger partial charge in [0.1, 0.15) is 0 Å². The Kier molecular flexibility index (Phi) is 5.33. The van der Waals surface area contributed by atoms with Crippen molar-refractivity contribution in [2.24, 2.45) is 5.92 Å². The van der Waals surface area contributed by atoms with Crippen molar-refractivity contribution in [2.75, 3.05) is 32.1 Å². The standard InChI is InChI=1S/C18H22N2O5/c1-24-18(23)12-4-6-14(7-5-12)19-17(22)13-9-16(21)20(10-13)11-15-3-2-8-25-15/h4-7,13,15H,2-3,8-11H2,1H3,(H,19,22). The summed E-state index contributed by atoms with van der Waals surface area (Å²) < 4.78 is 10.2. The first kappa shape index (κ1) is 17.4. The molecule has 0 aliphatic carbocycles. The van der Waals surface area contributed by atoms with E-state index in [2.05, 4.69) is 10.1 Å². The number of carbonyl (C=O) groups is 3. The number of methoxy groups -OCH3 is 1. The lowest BCUT2D eigenvalue weighted by Gasteiger charge is -2.20. The number of hydrogen-bond acceptors (Lipinski definition) is 5. The van der Waals surface area contributed by atoms with Crippen molar-refractivity contribution < 1.29 is 23.9 Å². The van der Waals surface area contributed by atoms with E-state index in [9.17, 15) is 14.4 Å². The molecule has 3 rings (SSSR count). The molecule has 0 radical (unpaired) electrons. The van der Waals surface area contributed by atoms with E-state index < -0.39 is 5.97 Å². The first-order chi connectivity index (χ1) is 12.1. The average Bonchev–Trinajstić information content (AvgIpc) is 3.25. The number of hydrogen-bond donors (Lipinski definition) is 1. The molecule has 2 saturated heterocycles. The molecule has 1 aromatic rings. The van der Waals surface area contributed by atoms with Gasteiger partial charge in [-0.05, 0) is 37.1 Å². The zero-order valence-electron chi connectivity index (χ0n) is 14.2. The van der Waals surface area contributed by atoms with Crippen LogP contribution in [0.1, 0.15) is 29.6 Å². The smallest absolute Gasteiger partial charge is 0.337 e. The fourth-order valence-electron chi connectivity index (χ4n) is 3.21. The van der Waals surface area contributed by atoms with Gasteiger partial charge in [0, 0.05) is 31.8 Å². The van der Waals surface area contributed by atoms with Crippen LogP contribution in [0.5, 0.6) is 0 Å². The molecule has 0 saturated carbocycles. The maximum Gasteiger partial charge on any atom is 0.337 e. The van der Waals surface area contributed by atoms with Crippen molar-refractivity contribution in [3.05, 3.63) is 29.8 Å². The summed E-state index contributed by atoms with van der Waals surface area (Å²) in [7, 11) is 1.32. The topological polar surface area (TPSA) is 84.9 Å². The first-order valence-corrected chi connectivity index (χ1v) is 8.45. The Morgan fingerprint density at radius 2 is 2.08 bits per heavy atom. The van der Waals surface area contributed by atoms with Crippen molar-refractivity contribution >= 4 is 23.5 Å². The van der Waals surface area contributed by atoms with Crippen molar-refractivity contribution in [3.63, 3.8) is 0 Å². The second-order valence-corrected chi connectivity index (χ2v) is 6.39. The molecule has 2 heterocycles. The monoisotopic (exact) mass is 346 g/mol. The lowest BCUT2D eigenvalue weighted by Crippen LogP contribution is -2.34. The quantitative estimate of drug-likeness (QED) is 0.816. The van der Waals surface area contributed by atoms with Crippen LogP contribution < -0.4 is 5.32 Å². The predicted octanol–water partition coefficient (Wildman–Crippen LogP) is 1.44. The van der Waals surface area contributed by atoms with Gasteiger partial charge in [-0.3, -0.25) is 9.59 Å². The summed E-state index contributed by atoms with van der Waals surface area (Å²) in [5.74, 6) is -0.982. The van der Waals surface area contributed by atoms with Gasteiger partial charge in [0.25, 0.3) is 0 Å². The molecule has 0 spiro atoms. The second-order valence-electron chi connectivity index (χ2n) is 6.39. The summed E-state index contributed by atoms with van der Waals surface area (Å²) in [5.41, 5.74) is 1.00. The highest BCUT2D eigenvalue weighted by Gasteiger charge is 2.35. The van der Waals surface area contributed by atoms with E-state index in [0.717, 1.165) is 19.4 Å². The molecule has 2 aliphatic rings. The van der Waals surface area contributed by atoms with Gasteiger partial charge >= 0.3 is 5.97 Å². The number of nitrogens with one attached hydrogen (secondary N) is 1. The summed E-state index contributed by atoms with van der Waals surface area (Å²) in [5, 5.41) is 2.80. The number of likely N-dealkylation sites (tertiary alicyclic amines) is 1. The summed E-state index contributed by atoms with van der Waals surface area (Å²) in [4.78, 5) is 37.7. The van der Waals surface area contributed by atoms with Crippen LogP contribution in [0.4, 0.5) is 5.69 Å². The van der Waals surface area contributed by atoms with Crippen LogP contribution >= 0.6 is 0 Å². The third-order valence-electron chi connectivity index (χ3n) is 4.61. The summed E-state index contributed by atoms with van der Waals surface area (Å²) in [6, 6.07) is 6.46. The third-order valence-corrected chi connectivity index (χ3v) is 4.61. The zero-order valence-corrected chi connectivity index (χ0v) is 14.2. The molecule has 2 unspecified atom stereocenters. The van der Waals surface area contributed by atoms with Crippen LogP contribution in [-0.2, 0) is 19.1 Å². The van der Waals surface area contributed by atoms with Crippen LogP contribution in [0.2, 0.25) is 0 Å². The lowest BCUT2D eigenvalue weighted by molar-refractivity contribution is -0.129. The Balaban J connectivity index is 1.54. The van der Waals surface area contributed by atoms with Crippen LogP contribution in [-0.4, -0.2) is 55.6 Å². The van der Waals surface area contributed by atoms with Gasteiger partial charge in [0.05, 0.1) is 24.7 Å². The summed E-state index contributed by atoms with van der Waals surface area (Å²) in [6.45, 7) is 1.74. The highest BCUT2D eigenvalue weighted by Crippen LogP contribution is 2.23. The summed E-state index contributed by atoms with van der Waals surface area (Å²) >= 11 is 0. The number of amides is 2. The Bertz CT molecular complexity index is 652. The second kappa shape index (κ2) is 7.65. The van der Waals surface area contributed by atoms with Crippen LogP contribution in [0.25, 0.3) is 0 Å². The normalized spacial score (nSPS) is 22.9. The maximum atomic E-state index is 12.4. The van der Waals surface area contributed by atoms with E-state index in [1.807, 2.05) is 0 Å². The Morgan fingerprint density at radius 3 is 2.72 bits per heavy atom. The van der Waals surface area contributed by atoms with Crippen molar-refractivity contribution in [3.8, 4) is 0 Å². The Morgan fingerprint density at radius 1 is 1.32 bits per heavy atom. The van der Waals surface area contributed by atoms with E-state index in [-0.39, 0.29) is 30.3 Å². The molecule has 1 aromatic carbocycles. The number of esters is 1. The van der Waals surface area contributed by atoms with Crippen molar-refractivity contribution in [1.82, 2.24) is 4.90 Å². The van der Waals surface area contributed by atoms with Gasteiger partial charge < -0.3 is 19.7 Å². The van der Waals surface area contributed by atoms with Crippen LogP contribution in [0, 0.1) is 5.92 Å². The molecule has 25 heavy (non-hydrogen) atoms. The third kappa shape index (κ3) is 4.17. The minimum absolute atomic E-state index is 0.00307. The number of carbonyl (C=O) groups excluding carboxylic acids is 3. The molecule has 134 valence electrons. The van der Waals surface area contributed by atoms with Gasteiger partial charge in [0.2, 0.25) is 11.8 Å². The fraction of sp³-hybridized carbons (Fsp3) is 0.500. The number of benzene rings is 1. The Hall–Kier alpha value is -2.41. The summed E-state index contributed by atoms with van der Waals surface area (Å²) in [6.07, 6.45) is 2.31. The van der Waals surface area contributed by atoms with Crippen LogP contribution in [0.3, 0.4) is 0 Å². The molecule has 1 N–H and O–H groups in total. The molecule has 0 bridgehead atoms. The van der Waals surface area contributed by atoms with Crippen LogP contribution in [0.15, 0.2) is 24.3 Å². The molecular weight excluding hydrogens is 324 g/mol. The van der Waals surface area contributed by atoms with Crippen molar-refractivity contribution in [1.29, 1.82) is 0 Å². The van der Waals surface area contributed by atoms with E-state index in [4.69, 9.17) is 4.74 Å². The van der Waals surface area contributed by atoms with E-state index in [1.165, 1.54) is 7.11 Å². The fourth-order valence-corrected chi connectivity index (χ4v) is 3.21. The highest BCUT2D eigenvalue weighted by molar-refractivity contribution is 5.97. The Labute approximate surface area is 146 Å². The van der Waals surface area contributed by atoms with Gasteiger partial charge in [0.15, 0.2) is 0 Å². The zero-order chi connectivity index (χ0) is 17.8. The molecule has 2 amide bonds. The van der Waals surface area contributed by atoms with Gasteiger partial charge in [-0.1, -0.05) is 0 Å². The lowest BCUT2D eigenvalue weighted by atomic mass is 10.1. The van der Waals surface area contributed by atoms with E-state index >= 15 is 0 Å². The number of rotatable bonds is 5. The molecule has 7 heteroatoms. The minimum Gasteiger partial charge on any atom is -0.465 e. The number of nitrogens with zero attached hydrogens (tertiary/aromatic N) is 1. The van der Waals surface area contributed by atoms with Gasteiger partial charge in [-0.2, -0.15) is 0 Å². The van der Waals surface area contributed by atoms with Gasteiger partial charge in [-0.25, -0.2) is 4.79 Å². The largest absolute Gasteiger partial charge is 0.465 e. The van der Waals surface area contributed by atoms with Crippen molar-refractivity contribution in [2.45, 2.75) is 25.4 Å². The molecule has 0 aromatic heterocycles. The SMILES string of the molecule is COC(=O)c1ccc(NC(=O)C2CC(=O)N(CC3CCCO3)C2)cc1. The predicted molar refractivity (Wildman–Crippen MR) is 90.1 cm³/mol. The molecule has 2 atom stereocenters. The van der Waals surface area contributed by atoms with E-state index in [1.54, 1.807) is 29.2 Å². The maximum absolute atomic E-state index is 12.4. The molecule has 7 nitrogen and oxygen atoms in total. The molecular formula is C18H22N2O5. The number of anilines is 1.